The van der Waals surface area contributed by atoms with E-state index in [1.807, 2.05) is 13.8 Å². The highest BCUT2D eigenvalue weighted by Gasteiger charge is 2.47. The monoisotopic (exact) mass is 390 g/mol. The zero-order valence-corrected chi connectivity index (χ0v) is 16.8. The Bertz CT molecular complexity index is 726. The molecule has 3 N–H and O–H groups in total. The minimum absolute atomic E-state index is 0.0613. The van der Waals surface area contributed by atoms with E-state index in [2.05, 4.69) is 5.32 Å². The van der Waals surface area contributed by atoms with Gasteiger partial charge < -0.3 is 19.9 Å². The Morgan fingerprint density at radius 2 is 1.82 bits per heavy atom. The summed E-state index contributed by atoms with van der Waals surface area (Å²) >= 11 is 0. The largest absolute Gasteiger partial charge is 0.497 e. The molecule has 8 heteroatoms. The SMILES string of the molecule is COc1ccc(N2C(=O)C[C@H]([NH+]3CC[NH+](CC(=O)NC(C)C)CC3)C2=O)cc1. The second kappa shape index (κ2) is 8.70. The van der Waals surface area contributed by atoms with Crippen LogP contribution in [-0.4, -0.2) is 69.6 Å². The molecule has 1 aromatic rings. The summed E-state index contributed by atoms with van der Waals surface area (Å²) in [7, 11) is 1.58. The van der Waals surface area contributed by atoms with Crippen molar-refractivity contribution in [2.24, 2.45) is 0 Å². The quantitative estimate of drug-likeness (QED) is 0.475. The first-order valence-electron chi connectivity index (χ1n) is 9.87. The van der Waals surface area contributed by atoms with E-state index in [0.29, 0.717) is 18.0 Å². The van der Waals surface area contributed by atoms with Crippen molar-refractivity contribution in [1.29, 1.82) is 0 Å². The number of anilines is 1. The van der Waals surface area contributed by atoms with Crippen LogP contribution in [0.2, 0.25) is 0 Å². The molecule has 0 unspecified atom stereocenters. The number of benzene rings is 1. The third-order valence-electron chi connectivity index (χ3n) is 5.43. The van der Waals surface area contributed by atoms with Crippen molar-refractivity contribution in [1.82, 2.24) is 5.32 Å². The summed E-state index contributed by atoms with van der Waals surface area (Å²) in [5, 5.41) is 2.92. The van der Waals surface area contributed by atoms with Crippen LogP contribution in [0.3, 0.4) is 0 Å². The zero-order chi connectivity index (χ0) is 20.3. The van der Waals surface area contributed by atoms with Crippen molar-refractivity contribution >= 4 is 23.4 Å². The number of quaternary nitrogens is 2. The van der Waals surface area contributed by atoms with E-state index in [4.69, 9.17) is 4.74 Å². The van der Waals surface area contributed by atoms with Gasteiger partial charge in [0.15, 0.2) is 12.6 Å². The molecular weight excluding hydrogens is 360 g/mol. The number of amides is 3. The van der Waals surface area contributed by atoms with Gasteiger partial charge in [0.25, 0.3) is 11.8 Å². The zero-order valence-electron chi connectivity index (χ0n) is 16.8. The minimum atomic E-state index is -0.333. The fourth-order valence-corrected chi connectivity index (χ4v) is 4.00. The molecule has 0 spiro atoms. The molecule has 1 aromatic carbocycles. The summed E-state index contributed by atoms with van der Waals surface area (Å²) < 4.78 is 5.14. The lowest BCUT2D eigenvalue weighted by Gasteiger charge is -2.31. The van der Waals surface area contributed by atoms with Gasteiger partial charge in [-0.25, -0.2) is 4.90 Å². The van der Waals surface area contributed by atoms with Crippen molar-refractivity contribution in [2.75, 3.05) is 44.7 Å². The maximum atomic E-state index is 12.9. The third-order valence-corrected chi connectivity index (χ3v) is 5.43. The van der Waals surface area contributed by atoms with Crippen LogP contribution in [0.4, 0.5) is 5.69 Å². The second-order valence-electron chi connectivity index (χ2n) is 7.83. The van der Waals surface area contributed by atoms with Crippen LogP contribution in [0.15, 0.2) is 24.3 Å². The molecule has 3 rings (SSSR count). The van der Waals surface area contributed by atoms with Crippen molar-refractivity contribution in [2.45, 2.75) is 32.4 Å². The molecule has 28 heavy (non-hydrogen) atoms. The van der Waals surface area contributed by atoms with Crippen LogP contribution >= 0.6 is 0 Å². The lowest BCUT2D eigenvalue weighted by Crippen LogP contribution is -3.30. The molecular formula is C20H30N4O4+2. The Kier molecular flexibility index (Phi) is 6.31. The molecule has 2 saturated heterocycles. The summed E-state index contributed by atoms with van der Waals surface area (Å²) in [6, 6.07) is 6.79. The molecule has 1 atom stereocenters. The maximum Gasteiger partial charge on any atom is 0.292 e. The summed E-state index contributed by atoms with van der Waals surface area (Å²) in [6.45, 7) is 7.57. The van der Waals surface area contributed by atoms with E-state index >= 15 is 0 Å². The number of piperazine rings is 1. The number of ether oxygens (including phenoxy) is 1. The first-order chi connectivity index (χ1) is 13.4. The predicted molar refractivity (Wildman–Crippen MR) is 103 cm³/mol. The summed E-state index contributed by atoms with van der Waals surface area (Å²) in [5.41, 5.74) is 0.590. The van der Waals surface area contributed by atoms with Crippen LogP contribution in [-0.2, 0) is 14.4 Å². The average Bonchev–Trinajstić information content (AvgIpc) is 2.96. The Labute approximate surface area is 165 Å². The fourth-order valence-electron chi connectivity index (χ4n) is 4.00. The molecule has 2 heterocycles. The van der Waals surface area contributed by atoms with Gasteiger partial charge in [0.1, 0.15) is 31.9 Å². The summed E-state index contributed by atoms with van der Waals surface area (Å²) in [6.07, 6.45) is 0.239. The highest BCUT2D eigenvalue weighted by Crippen LogP contribution is 2.24. The van der Waals surface area contributed by atoms with Crippen molar-refractivity contribution in [3.05, 3.63) is 24.3 Å². The van der Waals surface area contributed by atoms with Gasteiger partial charge in [0.05, 0.1) is 19.2 Å². The maximum absolute atomic E-state index is 12.9. The number of carbonyl (C=O) groups is 3. The highest BCUT2D eigenvalue weighted by molar-refractivity contribution is 6.21. The van der Waals surface area contributed by atoms with E-state index in [1.54, 1.807) is 31.4 Å². The number of hydrogen-bond donors (Lipinski definition) is 3. The first-order valence-corrected chi connectivity index (χ1v) is 9.87. The summed E-state index contributed by atoms with van der Waals surface area (Å²) in [5.74, 6) is 0.460. The molecule has 0 radical (unpaired) electrons. The summed E-state index contributed by atoms with van der Waals surface area (Å²) in [4.78, 5) is 41.1. The fraction of sp³-hybridized carbons (Fsp3) is 0.550. The van der Waals surface area contributed by atoms with E-state index < -0.39 is 0 Å². The number of carbonyl (C=O) groups excluding carboxylic acids is 3. The van der Waals surface area contributed by atoms with Gasteiger partial charge in [-0.05, 0) is 38.1 Å². The first kappa shape index (κ1) is 20.3. The molecule has 0 aromatic heterocycles. The van der Waals surface area contributed by atoms with E-state index in [9.17, 15) is 14.4 Å². The molecule has 2 fully saturated rings. The van der Waals surface area contributed by atoms with E-state index in [1.165, 1.54) is 9.80 Å². The molecule has 152 valence electrons. The van der Waals surface area contributed by atoms with Crippen LogP contribution in [0.25, 0.3) is 0 Å². The highest BCUT2D eigenvalue weighted by atomic mass is 16.5. The topological polar surface area (TPSA) is 84.6 Å². The Balaban J connectivity index is 1.57. The Morgan fingerprint density at radius 1 is 1.18 bits per heavy atom. The van der Waals surface area contributed by atoms with Crippen molar-refractivity contribution in [3.8, 4) is 5.75 Å². The number of nitrogens with one attached hydrogen (secondary N) is 3. The molecule has 0 bridgehead atoms. The van der Waals surface area contributed by atoms with Gasteiger partial charge in [-0.3, -0.25) is 14.4 Å². The molecule has 0 saturated carbocycles. The van der Waals surface area contributed by atoms with E-state index in [-0.39, 0.29) is 36.2 Å². The lowest BCUT2D eigenvalue weighted by atomic mass is 10.1. The van der Waals surface area contributed by atoms with Crippen LogP contribution in [0.1, 0.15) is 20.3 Å². The number of methoxy groups -OCH3 is 1. The number of imide groups is 1. The van der Waals surface area contributed by atoms with Gasteiger partial charge >= 0.3 is 0 Å². The number of nitrogens with zero attached hydrogens (tertiary/aromatic N) is 1. The molecule has 3 amide bonds. The van der Waals surface area contributed by atoms with Crippen molar-refractivity contribution in [3.63, 3.8) is 0 Å². The molecule has 8 nitrogen and oxygen atoms in total. The van der Waals surface area contributed by atoms with Gasteiger partial charge in [-0.15, -0.1) is 0 Å². The van der Waals surface area contributed by atoms with Crippen LogP contribution in [0.5, 0.6) is 5.75 Å². The molecule has 2 aliphatic rings. The van der Waals surface area contributed by atoms with Gasteiger partial charge in [-0.1, -0.05) is 0 Å². The average molecular weight is 390 g/mol. The van der Waals surface area contributed by atoms with Gasteiger partial charge in [-0.2, -0.15) is 0 Å². The van der Waals surface area contributed by atoms with Gasteiger partial charge in [0, 0.05) is 6.04 Å². The van der Waals surface area contributed by atoms with Gasteiger partial charge in [0.2, 0.25) is 5.91 Å². The van der Waals surface area contributed by atoms with E-state index in [0.717, 1.165) is 31.1 Å². The molecule has 2 aliphatic heterocycles. The minimum Gasteiger partial charge on any atom is -0.497 e. The Morgan fingerprint density at radius 3 is 2.39 bits per heavy atom. The second-order valence-corrected chi connectivity index (χ2v) is 7.83. The smallest absolute Gasteiger partial charge is 0.292 e. The normalized spacial score (nSPS) is 25.3. The van der Waals surface area contributed by atoms with Crippen LogP contribution < -0.4 is 24.8 Å². The standard InChI is InChI=1S/C20H28N4O4/c1-14(2)21-18(25)13-22-8-10-23(11-9-22)17-12-19(26)24(20(17)27)15-4-6-16(28-3)7-5-15/h4-7,14,17H,8-13H2,1-3H3,(H,21,25)/p+2/t17-/m0/s1. The third kappa shape index (κ3) is 4.51. The van der Waals surface area contributed by atoms with Crippen LogP contribution in [0, 0.1) is 0 Å². The van der Waals surface area contributed by atoms with Crippen molar-refractivity contribution < 1.29 is 28.9 Å². The Hall–Kier alpha value is -2.45. The lowest BCUT2D eigenvalue weighted by molar-refractivity contribution is -1.02. The predicted octanol–water partition coefficient (Wildman–Crippen LogP) is -2.36. The number of rotatable bonds is 6. The number of hydrogen-bond acceptors (Lipinski definition) is 4. The molecule has 0 aliphatic carbocycles.